The molecule has 22 heavy (non-hydrogen) atoms. The smallest absolute Gasteiger partial charge is 0.0493 e. The van der Waals surface area contributed by atoms with Crippen LogP contribution in [0.4, 0.5) is 11.4 Å². The van der Waals surface area contributed by atoms with Crippen molar-refractivity contribution in [2.45, 2.75) is 33.6 Å². The van der Waals surface area contributed by atoms with E-state index in [0.29, 0.717) is 0 Å². The molecular formula is C21H23N. The molecule has 1 heteroatoms. The normalized spacial score (nSPS) is 13.0. The molecule has 0 aliphatic heterocycles. The van der Waals surface area contributed by atoms with Gasteiger partial charge in [0.1, 0.15) is 0 Å². The van der Waals surface area contributed by atoms with Crippen molar-refractivity contribution >= 4 is 36.7 Å². The second-order valence-electron chi connectivity index (χ2n) is 6.21. The van der Waals surface area contributed by atoms with Crippen LogP contribution in [0, 0.1) is 20.8 Å². The number of fused-ring (bicyclic) bond motifs is 1. The van der Waals surface area contributed by atoms with E-state index in [4.69, 9.17) is 0 Å². The number of hydrogen-bond donors (Lipinski definition) is 1. The molecule has 0 saturated carbocycles. The molecule has 1 nitrogen and oxygen atoms in total. The quantitative estimate of drug-likeness (QED) is 0.896. The fourth-order valence-corrected chi connectivity index (χ4v) is 3.22. The summed E-state index contributed by atoms with van der Waals surface area (Å²) < 4.78 is 0. The molecule has 0 fully saturated rings. The monoisotopic (exact) mass is 289 g/mol. The Balaban J connectivity index is 2.23. The molecule has 0 radical (unpaired) electrons. The summed E-state index contributed by atoms with van der Waals surface area (Å²) in [6.07, 6.45) is 6.76. The first-order valence-electron chi connectivity index (χ1n) is 7.84. The molecule has 0 atom stereocenters. The number of aryl methyl sites for hydroxylation is 2. The summed E-state index contributed by atoms with van der Waals surface area (Å²) in [6, 6.07) is 6.47. The van der Waals surface area contributed by atoms with Gasteiger partial charge in [0, 0.05) is 11.4 Å². The first kappa shape index (κ1) is 14.6. The number of anilines is 2. The van der Waals surface area contributed by atoms with Gasteiger partial charge in [-0.15, -0.1) is 0 Å². The topological polar surface area (TPSA) is 12.0 Å². The van der Waals surface area contributed by atoms with Gasteiger partial charge in [-0.25, -0.2) is 0 Å². The van der Waals surface area contributed by atoms with Crippen LogP contribution in [0.1, 0.15) is 29.5 Å². The van der Waals surface area contributed by atoms with Gasteiger partial charge in [-0.3, -0.25) is 0 Å². The van der Waals surface area contributed by atoms with Crippen LogP contribution in [0.5, 0.6) is 0 Å². The van der Waals surface area contributed by atoms with E-state index in [1.54, 1.807) is 0 Å². The van der Waals surface area contributed by atoms with Crippen molar-refractivity contribution < 1.29 is 0 Å². The highest BCUT2D eigenvalue weighted by molar-refractivity contribution is 5.68. The van der Waals surface area contributed by atoms with E-state index in [9.17, 15) is 0 Å². The van der Waals surface area contributed by atoms with Crippen LogP contribution in [-0.2, 0) is 0 Å². The summed E-state index contributed by atoms with van der Waals surface area (Å²) in [4.78, 5) is 0. The van der Waals surface area contributed by atoms with Crippen LogP contribution in [-0.4, -0.2) is 0 Å². The lowest BCUT2D eigenvalue weighted by Crippen LogP contribution is -2.50. The molecule has 0 aromatic heterocycles. The van der Waals surface area contributed by atoms with Crippen molar-refractivity contribution in [1.29, 1.82) is 0 Å². The third-order valence-corrected chi connectivity index (χ3v) is 4.58. The van der Waals surface area contributed by atoms with E-state index >= 15 is 0 Å². The summed E-state index contributed by atoms with van der Waals surface area (Å²) in [5.41, 5.74) is 5.95. The van der Waals surface area contributed by atoms with Crippen molar-refractivity contribution in [3.63, 3.8) is 0 Å². The van der Waals surface area contributed by atoms with Gasteiger partial charge in [0.25, 0.3) is 0 Å². The lowest BCUT2D eigenvalue weighted by molar-refractivity contribution is 1.10. The highest BCUT2D eigenvalue weighted by Gasteiger charge is 2.08. The molecule has 3 rings (SSSR count). The van der Waals surface area contributed by atoms with Gasteiger partial charge < -0.3 is 5.32 Å². The van der Waals surface area contributed by atoms with Crippen LogP contribution in [0.3, 0.4) is 0 Å². The van der Waals surface area contributed by atoms with Crippen molar-refractivity contribution in [2.24, 2.45) is 0 Å². The summed E-state index contributed by atoms with van der Waals surface area (Å²) in [5.74, 6) is 0. The fourth-order valence-electron chi connectivity index (χ4n) is 3.22. The molecule has 2 aromatic carbocycles. The molecule has 0 heterocycles. The Bertz CT molecular complexity index is 965. The van der Waals surface area contributed by atoms with E-state index in [-0.39, 0.29) is 0 Å². The average Bonchev–Trinajstić information content (AvgIpc) is 2.51. The molecule has 1 N–H and O–H groups in total. The summed E-state index contributed by atoms with van der Waals surface area (Å²) in [5, 5.41) is 8.29. The minimum Gasteiger partial charge on any atom is -0.355 e. The van der Waals surface area contributed by atoms with Gasteiger partial charge in [-0.2, -0.15) is 0 Å². The van der Waals surface area contributed by atoms with Gasteiger partial charge in [0.2, 0.25) is 0 Å². The molecule has 0 spiro atoms. The fraction of sp³-hybridized carbons (Fsp3) is 0.238. The maximum absolute atomic E-state index is 4.34. The van der Waals surface area contributed by atoms with E-state index in [1.165, 1.54) is 27.1 Å². The second-order valence-corrected chi connectivity index (χ2v) is 6.21. The minimum atomic E-state index is 1.08. The zero-order valence-corrected chi connectivity index (χ0v) is 13.7. The number of hydrogen-bond acceptors (Lipinski definition) is 1. The van der Waals surface area contributed by atoms with E-state index in [0.717, 1.165) is 34.7 Å². The van der Waals surface area contributed by atoms with Crippen LogP contribution < -0.4 is 26.2 Å². The maximum atomic E-state index is 4.34. The molecule has 112 valence electrons. The van der Waals surface area contributed by atoms with E-state index < -0.39 is 0 Å². The Morgan fingerprint density at radius 2 is 1.55 bits per heavy atom. The molecule has 2 aromatic rings. The Labute approximate surface area is 132 Å². The number of rotatable bonds is 2. The Morgan fingerprint density at radius 3 is 2.18 bits per heavy atom. The zero-order chi connectivity index (χ0) is 15.9. The summed E-state index contributed by atoms with van der Waals surface area (Å²) >= 11 is 0. The Morgan fingerprint density at radius 1 is 0.909 bits per heavy atom. The molecule has 0 unspecified atom stereocenters. The Hall–Kier alpha value is -2.28. The van der Waals surface area contributed by atoms with Gasteiger partial charge in [0.15, 0.2) is 0 Å². The molecule has 0 amide bonds. The molecule has 0 saturated heterocycles. The van der Waals surface area contributed by atoms with Gasteiger partial charge in [-0.05, 0) is 71.7 Å². The predicted octanol–water partition coefficient (Wildman–Crippen LogP) is 2.53. The first-order valence-corrected chi connectivity index (χ1v) is 7.84. The maximum Gasteiger partial charge on any atom is 0.0493 e. The first-order chi connectivity index (χ1) is 10.5. The van der Waals surface area contributed by atoms with Crippen LogP contribution in [0.2, 0.25) is 0 Å². The van der Waals surface area contributed by atoms with Crippen molar-refractivity contribution in [3.05, 3.63) is 55.8 Å². The van der Waals surface area contributed by atoms with Gasteiger partial charge in [0.05, 0.1) is 0 Å². The van der Waals surface area contributed by atoms with Crippen molar-refractivity contribution in [1.82, 2.24) is 0 Å². The van der Waals surface area contributed by atoms with E-state index in [2.05, 4.69) is 69.6 Å². The molecule has 1 aliphatic carbocycles. The van der Waals surface area contributed by atoms with Crippen LogP contribution in [0.25, 0.3) is 25.3 Å². The van der Waals surface area contributed by atoms with Crippen molar-refractivity contribution in [2.75, 3.05) is 5.32 Å². The summed E-state index contributed by atoms with van der Waals surface area (Å²) in [6.45, 7) is 15.0. The second kappa shape index (κ2) is 5.49. The lowest BCUT2D eigenvalue weighted by Gasteiger charge is -2.16. The van der Waals surface area contributed by atoms with Gasteiger partial charge in [-0.1, -0.05) is 43.0 Å². The molecule has 1 aliphatic rings. The average molecular weight is 289 g/mol. The highest BCUT2D eigenvalue weighted by Crippen LogP contribution is 2.20. The largest absolute Gasteiger partial charge is 0.355 e. The van der Waals surface area contributed by atoms with Crippen LogP contribution in [0.15, 0.2) is 18.2 Å². The minimum absolute atomic E-state index is 1.08. The molecular weight excluding hydrogens is 266 g/mol. The number of benzene rings is 2. The zero-order valence-electron chi connectivity index (χ0n) is 13.7. The standard InChI is InChI=1S/C21H23N/c1-13-10-11-20(14(2)12-13)22-21-16(4)15(3)18-8-6-7-9-19(18)17(21)5/h8-12,22H,3,5-7H2,1-2,4H3. The number of nitrogens with one attached hydrogen (secondary N) is 1. The SMILES string of the molecule is C=c1c(C)c(Nc2ccc(C)cc2C)c(=C)c2c1=CCCC=2. The van der Waals surface area contributed by atoms with Crippen molar-refractivity contribution in [3.8, 4) is 0 Å². The Kier molecular flexibility index (Phi) is 3.66. The summed E-state index contributed by atoms with van der Waals surface area (Å²) in [7, 11) is 0. The molecule has 0 bridgehead atoms. The van der Waals surface area contributed by atoms with Gasteiger partial charge >= 0.3 is 0 Å². The highest BCUT2D eigenvalue weighted by atomic mass is 14.9. The third kappa shape index (κ3) is 2.37. The van der Waals surface area contributed by atoms with Crippen LogP contribution >= 0.6 is 0 Å². The lowest BCUT2D eigenvalue weighted by atomic mass is 9.99. The predicted molar refractivity (Wildman–Crippen MR) is 98.1 cm³/mol. The van der Waals surface area contributed by atoms with E-state index in [1.807, 2.05) is 0 Å². The third-order valence-electron chi connectivity index (χ3n) is 4.58.